The molecule has 0 spiro atoms. The molecule has 2 aliphatic rings. The summed E-state index contributed by atoms with van der Waals surface area (Å²) >= 11 is 3.51. The van der Waals surface area contributed by atoms with Crippen LogP contribution in [0, 0.1) is 5.92 Å². The molecule has 1 atom stereocenters. The molecular weight excluding hydrogens is 342 g/mol. The summed E-state index contributed by atoms with van der Waals surface area (Å²) in [6.45, 7) is 2.01. The van der Waals surface area contributed by atoms with Gasteiger partial charge in [0.05, 0.1) is 18.2 Å². The highest BCUT2D eigenvalue weighted by molar-refractivity contribution is 9.10. The van der Waals surface area contributed by atoms with Gasteiger partial charge in [-0.3, -0.25) is 4.79 Å². The number of hydrogen-bond donors (Lipinski definition) is 1. The van der Waals surface area contributed by atoms with Crippen molar-refractivity contribution in [3.05, 3.63) is 40.1 Å². The summed E-state index contributed by atoms with van der Waals surface area (Å²) in [5, 5.41) is 10.4. The molecule has 1 fully saturated rings. The van der Waals surface area contributed by atoms with Crippen molar-refractivity contribution >= 4 is 27.4 Å². The number of rotatable bonds is 3. The van der Waals surface area contributed by atoms with E-state index in [0.29, 0.717) is 18.0 Å². The van der Waals surface area contributed by atoms with Gasteiger partial charge in [-0.2, -0.15) is 0 Å². The normalized spacial score (nSPS) is 23.2. The Labute approximate surface area is 140 Å². The summed E-state index contributed by atoms with van der Waals surface area (Å²) in [6.07, 6.45) is 6.00. The molecule has 1 N–H and O–H groups in total. The van der Waals surface area contributed by atoms with E-state index < -0.39 is 0 Å². The number of benzene rings is 1. The number of nitrogens with zero attached hydrogens (tertiary/aromatic N) is 1. The van der Waals surface area contributed by atoms with Crippen molar-refractivity contribution in [2.24, 2.45) is 5.92 Å². The lowest BCUT2D eigenvalue weighted by atomic mass is 9.80. The first kappa shape index (κ1) is 15.6. The molecule has 4 heteroatoms. The molecule has 22 heavy (non-hydrogen) atoms. The number of hydrogen-bond acceptors (Lipinski definition) is 3. The molecule has 1 aromatic carbocycles. The number of Topliss-reactive ketones (excluding diaryl/α,β-unsaturated/α-hetero) is 1. The van der Waals surface area contributed by atoms with Crippen molar-refractivity contribution in [2.75, 3.05) is 11.4 Å². The Balaban J connectivity index is 1.97. The van der Waals surface area contributed by atoms with Crippen molar-refractivity contribution in [1.82, 2.24) is 0 Å². The molecule has 1 heterocycles. The van der Waals surface area contributed by atoms with Crippen LogP contribution >= 0.6 is 15.9 Å². The van der Waals surface area contributed by atoms with Crippen LogP contribution in [0.2, 0.25) is 0 Å². The summed E-state index contributed by atoms with van der Waals surface area (Å²) < 4.78 is 1.02. The van der Waals surface area contributed by atoms with Crippen molar-refractivity contribution in [2.45, 2.75) is 45.1 Å². The zero-order valence-electron chi connectivity index (χ0n) is 12.9. The van der Waals surface area contributed by atoms with Gasteiger partial charge in [0, 0.05) is 10.2 Å². The average molecular weight is 364 g/mol. The third kappa shape index (κ3) is 2.94. The number of anilines is 1. The second kappa shape index (κ2) is 6.45. The fourth-order valence-electron chi connectivity index (χ4n) is 3.93. The first-order valence-electron chi connectivity index (χ1n) is 8.03. The first-order chi connectivity index (χ1) is 10.6. The standard InChI is InChI=1S/C18H22BrNO2/c1-12(21)17-16(22)11-20(15-9-5-8-14(19)10-15)18(17)13-6-3-2-4-7-13/h5,8-10,13,18,22H,2-4,6-7,11H2,1H3. The topological polar surface area (TPSA) is 40.5 Å². The Hall–Kier alpha value is -1.29. The quantitative estimate of drug-likeness (QED) is 0.851. The van der Waals surface area contributed by atoms with Gasteiger partial charge in [0.2, 0.25) is 0 Å². The Morgan fingerprint density at radius 3 is 2.64 bits per heavy atom. The summed E-state index contributed by atoms with van der Waals surface area (Å²) in [5.41, 5.74) is 1.69. The van der Waals surface area contributed by atoms with Crippen LogP contribution in [0.1, 0.15) is 39.0 Å². The third-order valence-electron chi connectivity index (χ3n) is 4.88. The van der Waals surface area contributed by atoms with E-state index in [0.717, 1.165) is 23.0 Å². The molecule has 1 unspecified atom stereocenters. The molecule has 3 nitrogen and oxygen atoms in total. The number of aliphatic hydroxyl groups excluding tert-OH is 1. The fourth-order valence-corrected chi connectivity index (χ4v) is 4.32. The molecule has 1 saturated carbocycles. The highest BCUT2D eigenvalue weighted by Gasteiger charge is 2.40. The minimum atomic E-state index is 0.00516. The van der Waals surface area contributed by atoms with E-state index in [1.165, 1.54) is 19.3 Å². The number of ketones is 1. The van der Waals surface area contributed by atoms with Gasteiger partial charge in [0.25, 0.3) is 0 Å². The number of carbonyl (C=O) groups is 1. The fraction of sp³-hybridized carbons (Fsp3) is 0.500. The Morgan fingerprint density at radius 2 is 2.00 bits per heavy atom. The third-order valence-corrected chi connectivity index (χ3v) is 5.37. The van der Waals surface area contributed by atoms with Crippen molar-refractivity contribution < 1.29 is 9.90 Å². The molecule has 0 aromatic heterocycles. The summed E-state index contributed by atoms with van der Waals surface area (Å²) in [6, 6.07) is 8.13. The molecule has 3 rings (SSSR count). The molecule has 1 aliphatic heterocycles. The molecule has 0 radical (unpaired) electrons. The van der Waals surface area contributed by atoms with Crippen LogP contribution in [-0.2, 0) is 4.79 Å². The number of aliphatic hydroxyl groups is 1. The van der Waals surface area contributed by atoms with Crippen LogP contribution in [-0.4, -0.2) is 23.5 Å². The van der Waals surface area contributed by atoms with Gasteiger partial charge >= 0.3 is 0 Å². The molecule has 0 amide bonds. The van der Waals surface area contributed by atoms with E-state index in [1.54, 1.807) is 6.92 Å². The predicted molar refractivity (Wildman–Crippen MR) is 92.2 cm³/mol. The van der Waals surface area contributed by atoms with Crippen LogP contribution in [0.5, 0.6) is 0 Å². The van der Waals surface area contributed by atoms with Gasteiger partial charge in [-0.05, 0) is 43.9 Å². The van der Waals surface area contributed by atoms with Crippen molar-refractivity contribution in [3.63, 3.8) is 0 Å². The van der Waals surface area contributed by atoms with E-state index in [1.807, 2.05) is 12.1 Å². The lowest BCUT2D eigenvalue weighted by molar-refractivity contribution is -0.114. The van der Waals surface area contributed by atoms with Crippen LogP contribution < -0.4 is 4.90 Å². The molecule has 0 bridgehead atoms. The maximum absolute atomic E-state index is 12.1. The molecular formula is C18H22BrNO2. The van der Waals surface area contributed by atoms with Crippen LogP contribution in [0.4, 0.5) is 5.69 Å². The SMILES string of the molecule is CC(=O)C1=C(O)CN(c2cccc(Br)c2)C1C1CCCCC1. The second-order valence-corrected chi connectivity index (χ2v) is 7.28. The highest BCUT2D eigenvalue weighted by Crippen LogP contribution is 2.40. The van der Waals surface area contributed by atoms with Gasteiger partial charge in [0.1, 0.15) is 5.76 Å². The number of carbonyl (C=O) groups excluding carboxylic acids is 1. The van der Waals surface area contributed by atoms with E-state index in [-0.39, 0.29) is 17.6 Å². The van der Waals surface area contributed by atoms with Crippen molar-refractivity contribution in [1.29, 1.82) is 0 Å². The highest BCUT2D eigenvalue weighted by atomic mass is 79.9. The lowest BCUT2D eigenvalue weighted by Crippen LogP contribution is -2.40. The van der Waals surface area contributed by atoms with Crippen LogP contribution in [0.25, 0.3) is 0 Å². The molecule has 1 aliphatic carbocycles. The molecule has 0 saturated heterocycles. The van der Waals surface area contributed by atoms with Crippen molar-refractivity contribution in [3.8, 4) is 0 Å². The maximum atomic E-state index is 12.1. The molecule has 1 aromatic rings. The van der Waals surface area contributed by atoms with Gasteiger partial charge in [-0.1, -0.05) is 41.3 Å². The number of halogens is 1. The molecule has 118 valence electrons. The van der Waals surface area contributed by atoms with Crippen LogP contribution in [0.15, 0.2) is 40.1 Å². The minimum absolute atomic E-state index is 0.00516. The van der Waals surface area contributed by atoms with E-state index >= 15 is 0 Å². The Bertz CT molecular complexity index is 605. The van der Waals surface area contributed by atoms with Gasteiger partial charge in [-0.25, -0.2) is 0 Å². The van der Waals surface area contributed by atoms with Gasteiger partial charge in [0.15, 0.2) is 5.78 Å². The second-order valence-electron chi connectivity index (χ2n) is 6.37. The van der Waals surface area contributed by atoms with Crippen LogP contribution in [0.3, 0.4) is 0 Å². The van der Waals surface area contributed by atoms with E-state index in [2.05, 4.69) is 33.0 Å². The monoisotopic (exact) mass is 363 g/mol. The Kier molecular flexibility index (Phi) is 4.57. The largest absolute Gasteiger partial charge is 0.510 e. The van der Waals surface area contributed by atoms with E-state index in [4.69, 9.17) is 0 Å². The average Bonchev–Trinajstić information content (AvgIpc) is 2.86. The van der Waals surface area contributed by atoms with Gasteiger partial charge < -0.3 is 10.0 Å². The zero-order chi connectivity index (χ0) is 15.7. The predicted octanol–water partition coefficient (Wildman–Crippen LogP) is 4.62. The maximum Gasteiger partial charge on any atom is 0.161 e. The summed E-state index contributed by atoms with van der Waals surface area (Å²) in [4.78, 5) is 14.3. The summed E-state index contributed by atoms with van der Waals surface area (Å²) in [5.74, 6) is 0.713. The van der Waals surface area contributed by atoms with E-state index in [9.17, 15) is 9.90 Å². The first-order valence-corrected chi connectivity index (χ1v) is 8.82. The minimum Gasteiger partial charge on any atom is -0.510 e. The zero-order valence-corrected chi connectivity index (χ0v) is 14.5. The smallest absolute Gasteiger partial charge is 0.161 e. The summed E-state index contributed by atoms with van der Waals surface area (Å²) in [7, 11) is 0. The lowest BCUT2D eigenvalue weighted by Gasteiger charge is -2.36. The van der Waals surface area contributed by atoms with Gasteiger partial charge in [-0.15, -0.1) is 0 Å². The Morgan fingerprint density at radius 1 is 1.27 bits per heavy atom.